The van der Waals surface area contributed by atoms with Gasteiger partial charge in [-0.3, -0.25) is 14.5 Å². The van der Waals surface area contributed by atoms with Crippen molar-refractivity contribution in [2.45, 2.75) is 25.7 Å². The second-order valence-corrected chi connectivity index (χ2v) is 7.20. The lowest BCUT2D eigenvalue weighted by atomic mass is 9.86. The van der Waals surface area contributed by atoms with Gasteiger partial charge in [0.15, 0.2) is 0 Å². The van der Waals surface area contributed by atoms with Crippen molar-refractivity contribution in [1.82, 2.24) is 18.1 Å². The molecule has 1 aliphatic heterocycles. The number of nitrogens with zero attached hydrogens (tertiary/aromatic N) is 4. The minimum Gasteiger partial charge on any atom is -0.270 e. The summed E-state index contributed by atoms with van der Waals surface area (Å²) in [5.74, 6) is -1.37. The van der Waals surface area contributed by atoms with Crippen LogP contribution < -0.4 is 17.1 Å². The average molecular weight is 392 g/mol. The second-order valence-electron chi connectivity index (χ2n) is 7.20. The second kappa shape index (κ2) is 5.40. The van der Waals surface area contributed by atoms with Crippen LogP contribution in [-0.4, -0.2) is 36.5 Å². The van der Waals surface area contributed by atoms with Gasteiger partial charge in [0.2, 0.25) is 0 Å². The molecule has 1 aromatic carbocycles. The molecule has 5 heterocycles. The molecule has 0 saturated heterocycles. The van der Waals surface area contributed by atoms with Gasteiger partial charge in [-0.15, -0.1) is 13.2 Å². The van der Waals surface area contributed by atoms with E-state index in [0.717, 1.165) is 18.1 Å². The highest BCUT2D eigenvalue weighted by atomic mass is 16.2. The van der Waals surface area contributed by atoms with Crippen LogP contribution in [0.3, 0.4) is 0 Å². The molecule has 4 aromatic heterocycles. The summed E-state index contributed by atoms with van der Waals surface area (Å²) < 4.78 is 2.65. The third kappa shape index (κ3) is 1.69. The van der Waals surface area contributed by atoms with Gasteiger partial charge in [0.05, 0.1) is 22.2 Å². The number of imidazole rings is 2. The number of hydrogen-bond acceptors (Lipinski definition) is 5. The normalized spacial score (nSPS) is 15.4. The van der Waals surface area contributed by atoms with E-state index < -0.39 is 28.9 Å². The Morgan fingerprint density at radius 3 is 1.90 bits per heavy atom. The zero-order valence-corrected chi connectivity index (χ0v) is 15.6. The fourth-order valence-electron chi connectivity index (χ4n) is 4.68. The molecule has 1 unspecified atom stereocenters. The molecule has 0 fully saturated rings. The first-order valence-corrected chi connectivity index (χ1v) is 9.24. The van der Waals surface area contributed by atoms with Crippen LogP contribution in [0.2, 0.25) is 0 Å². The topological polar surface area (TPSA) is 102 Å². The Balaban J connectivity index is 2.10. The summed E-state index contributed by atoms with van der Waals surface area (Å²) in [6.45, 7) is 9.26. The van der Waals surface area contributed by atoms with Crippen LogP contribution in [0.5, 0.6) is 0 Å². The molecule has 0 saturated carbocycles. The maximum Gasteiger partial charge on any atom is 0.345 e. The highest BCUT2D eigenvalue weighted by molar-refractivity contribution is 6.29. The molecule has 146 valence electrons. The van der Waals surface area contributed by atoms with Crippen LogP contribution in [0, 0.1) is 0 Å². The minimum absolute atomic E-state index is 0.00238. The largest absolute Gasteiger partial charge is 0.345 e. The molecule has 29 heavy (non-hydrogen) atoms. The number of hydrogen-bond donors (Lipinski definition) is 0. The average Bonchev–Trinajstić information content (AvgIpc) is 3.19. The zero-order valence-electron chi connectivity index (χ0n) is 15.6. The molecule has 0 spiro atoms. The van der Waals surface area contributed by atoms with Gasteiger partial charge in [-0.2, -0.15) is 0 Å². The van der Waals surface area contributed by atoms with Gasteiger partial charge < -0.3 is 0 Å². The Kier molecular flexibility index (Phi) is 3.23. The number of carbonyl (C=O) groups is 2. The van der Waals surface area contributed by atoms with E-state index in [1.54, 1.807) is 6.08 Å². The number of aromatic nitrogens is 3. The van der Waals surface area contributed by atoms with Gasteiger partial charge in [-0.25, -0.2) is 27.6 Å². The number of allylic oxidation sites excluding steroid dienone is 1. The Morgan fingerprint density at radius 1 is 0.793 bits per heavy atom. The lowest BCUT2D eigenvalue weighted by Gasteiger charge is -2.19. The first-order valence-electron chi connectivity index (χ1n) is 9.24. The number of fused-ring (bicyclic) bond motifs is 1. The SMILES string of the molecule is C=CCC(CC)c1c2c(c3c4c1n1c(=O)n3c(=O)n4c1=O)C(=O)N(CC=C)C2=O. The van der Waals surface area contributed by atoms with Crippen LogP contribution in [0.1, 0.15) is 52.0 Å². The van der Waals surface area contributed by atoms with E-state index in [2.05, 4.69) is 13.2 Å². The zero-order chi connectivity index (χ0) is 20.8. The predicted molar refractivity (Wildman–Crippen MR) is 105 cm³/mol. The quantitative estimate of drug-likeness (QED) is 0.355. The molecule has 0 N–H and O–H groups in total. The molecule has 9 heteroatoms. The van der Waals surface area contributed by atoms with Crippen LogP contribution >= 0.6 is 0 Å². The van der Waals surface area contributed by atoms with E-state index in [-0.39, 0.29) is 40.1 Å². The number of amides is 2. The molecule has 0 aliphatic carbocycles. The van der Waals surface area contributed by atoms with Crippen molar-refractivity contribution in [3.63, 3.8) is 0 Å². The van der Waals surface area contributed by atoms with Crippen LogP contribution in [0.15, 0.2) is 39.7 Å². The van der Waals surface area contributed by atoms with Crippen LogP contribution in [0.4, 0.5) is 0 Å². The summed E-state index contributed by atoms with van der Waals surface area (Å²) in [6.07, 6.45) is 4.19. The molecule has 9 nitrogen and oxygen atoms in total. The van der Waals surface area contributed by atoms with Gasteiger partial charge in [0, 0.05) is 6.54 Å². The summed E-state index contributed by atoms with van der Waals surface area (Å²) in [4.78, 5) is 65.7. The Bertz CT molecular complexity index is 1540. The molecular formula is C20H16N4O5. The van der Waals surface area contributed by atoms with E-state index in [1.165, 1.54) is 6.08 Å². The lowest BCUT2D eigenvalue weighted by molar-refractivity contribution is 0.0672. The fourth-order valence-corrected chi connectivity index (χ4v) is 4.68. The molecule has 1 atom stereocenters. The van der Waals surface area contributed by atoms with Crippen molar-refractivity contribution >= 4 is 28.4 Å². The molecule has 0 radical (unpaired) electrons. The minimum atomic E-state index is -0.817. The van der Waals surface area contributed by atoms with E-state index in [9.17, 15) is 24.0 Å². The third-order valence-electron chi connectivity index (χ3n) is 5.86. The van der Waals surface area contributed by atoms with E-state index in [4.69, 9.17) is 0 Å². The fraction of sp³-hybridized carbons (Fsp3) is 0.250. The Labute approximate surface area is 162 Å². The molecule has 1 aliphatic rings. The summed E-state index contributed by atoms with van der Waals surface area (Å²) in [5, 5.41) is 0. The summed E-state index contributed by atoms with van der Waals surface area (Å²) in [5.41, 5.74) is -1.29. The molecular weight excluding hydrogens is 376 g/mol. The molecule has 6 rings (SSSR count). The van der Waals surface area contributed by atoms with Crippen molar-refractivity contribution in [2.24, 2.45) is 0 Å². The number of benzene rings is 1. The maximum absolute atomic E-state index is 13.2. The summed E-state index contributed by atoms with van der Waals surface area (Å²) in [6, 6.07) is 0. The lowest BCUT2D eigenvalue weighted by Crippen LogP contribution is -2.42. The van der Waals surface area contributed by atoms with E-state index >= 15 is 0 Å². The van der Waals surface area contributed by atoms with Crippen molar-refractivity contribution in [1.29, 1.82) is 0 Å². The predicted octanol–water partition coefficient (Wildman–Crippen LogP) is 0.690. The first-order chi connectivity index (χ1) is 13.9. The van der Waals surface area contributed by atoms with Crippen LogP contribution in [0.25, 0.3) is 16.6 Å². The first kappa shape index (κ1) is 17.4. The smallest absolute Gasteiger partial charge is 0.270 e. The van der Waals surface area contributed by atoms with Crippen molar-refractivity contribution < 1.29 is 9.59 Å². The number of imide groups is 1. The summed E-state index contributed by atoms with van der Waals surface area (Å²) >= 11 is 0. The van der Waals surface area contributed by atoms with Gasteiger partial charge in [-0.05, 0) is 24.3 Å². The molecule has 2 amide bonds. The molecule has 6 bridgehead atoms. The monoisotopic (exact) mass is 392 g/mol. The Morgan fingerprint density at radius 2 is 1.34 bits per heavy atom. The van der Waals surface area contributed by atoms with Crippen LogP contribution in [-0.2, 0) is 0 Å². The Hall–Kier alpha value is -3.75. The van der Waals surface area contributed by atoms with E-state index in [1.807, 2.05) is 6.92 Å². The third-order valence-corrected chi connectivity index (χ3v) is 5.86. The number of rotatable bonds is 6. The molecule has 5 aromatic rings. The van der Waals surface area contributed by atoms with Gasteiger partial charge >= 0.3 is 17.1 Å². The standard InChI is InChI=1S/C20H16N4O5/c1-4-7-9(6-3)10-11-12(17(26)21(8-5-2)16(11)25)14-15-13(10)22-18(27)23(14)20(29)24(15)19(22)28/h4-5,9H,1-2,6-8H2,3H3. The maximum atomic E-state index is 13.2. The van der Waals surface area contributed by atoms with Crippen molar-refractivity contribution in [3.8, 4) is 0 Å². The van der Waals surface area contributed by atoms with Crippen molar-refractivity contribution in [2.75, 3.05) is 6.54 Å². The summed E-state index contributed by atoms with van der Waals surface area (Å²) in [7, 11) is 0. The highest BCUT2D eigenvalue weighted by Gasteiger charge is 2.45. The highest BCUT2D eigenvalue weighted by Crippen LogP contribution is 2.42. The van der Waals surface area contributed by atoms with E-state index in [0.29, 0.717) is 18.4 Å². The van der Waals surface area contributed by atoms with Crippen molar-refractivity contribution in [3.05, 3.63) is 73.5 Å². The van der Waals surface area contributed by atoms with Gasteiger partial charge in [-0.1, -0.05) is 19.1 Å². The number of carbonyl (C=O) groups excluding carboxylic acids is 2. The van der Waals surface area contributed by atoms with Gasteiger partial charge in [0.25, 0.3) is 11.8 Å². The van der Waals surface area contributed by atoms with Gasteiger partial charge in [0.1, 0.15) is 5.52 Å².